The lowest BCUT2D eigenvalue weighted by atomic mass is 10.0. The average Bonchev–Trinajstić information content (AvgIpc) is 2.75. The van der Waals surface area contributed by atoms with Crippen LogP contribution in [0.15, 0.2) is 24.3 Å². The number of carbonyl (C=O) groups excluding carboxylic acids is 1. The molecule has 1 aliphatic heterocycles. The van der Waals surface area contributed by atoms with Crippen LogP contribution in [0.1, 0.15) is 11.3 Å². The van der Waals surface area contributed by atoms with Crippen molar-refractivity contribution in [3.05, 3.63) is 35.5 Å². The third-order valence-corrected chi connectivity index (χ3v) is 3.41. The van der Waals surface area contributed by atoms with E-state index in [1.807, 2.05) is 17.0 Å². The van der Waals surface area contributed by atoms with Crippen LogP contribution in [0.4, 0.5) is 0 Å². The van der Waals surface area contributed by atoms with Crippen molar-refractivity contribution in [3.63, 3.8) is 0 Å². The van der Waals surface area contributed by atoms with Gasteiger partial charge in [-0.3, -0.25) is 4.79 Å². The predicted molar refractivity (Wildman–Crippen MR) is 66.5 cm³/mol. The Morgan fingerprint density at radius 2 is 2.24 bits per heavy atom. The minimum Gasteiger partial charge on any atom is -0.358 e. The second-order valence-electron chi connectivity index (χ2n) is 4.40. The summed E-state index contributed by atoms with van der Waals surface area (Å²) in [5.41, 5.74) is 9.06. The molecule has 1 aliphatic rings. The second-order valence-corrected chi connectivity index (χ2v) is 4.40. The van der Waals surface area contributed by atoms with Gasteiger partial charge in [0.25, 0.3) is 0 Å². The maximum absolute atomic E-state index is 11.6. The summed E-state index contributed by atoms with van der Waals surface area (Å²) in [7, 11) is 0. The quantitative estimate of drug-likeness (QED) is 0.766. The third kappa shape index (κ3) is 1.61. The molecular formula is C13H15N3O. The fourth-order valence-corrected chi connectivity index (χ4v) is 2.51. The van der Waals surface area contributed by atoms with Crippen molar-refractivity contribution in [1.29, 1.82) is 0 Å². The van der Waals surface area contributed by atoms with E-state index < -0.39 is 0 Å². The van der Waals surface area contributed by atoms with Gasteiger partial charge < -0.3 is 15.6 Å². The van der Waals surface area contributed by atoms with Crippen molar-refractivity contribution >= 4 is 16.8 Å². The number of carbonyl (C=O) groups is 1. The molecule has 3 N–H and O–H groups in total. The van der Waals surface area contributed by atoms with E-state index in [2.05, 4.69) is 17.1 Å². The molecule has 3 rings (SSSR count). The highest BCUT2D eigenvalue weighted by molar-refractivity contribution is 5.86. The van der Waals surface area contributed by atoms with Gasteiger partial charge in [0, 0.05) is 41.7 Å². The van der Waals surface area contributed by atoms with Crippen molar-refractivity contribution in [2.75, 3.05) is 13.1 Å². The summed E-state index contributed by atoms with van der Waals surface area (Å²) in [4.78, 5) is 16.9. The van der Waals surface area contributed by atoms with E-state index in [9.17, 15) is 4.79 Å². The molecule has 0 saturated heterocycles. The SMILES string of the molecule is NCC(=O)N1CCc2[nH]c3ccccc3c2C1. The minimum absolute atomic E-state index is 0.0286. The number of fused-ring (bicyclic) bond motifs is 3. The molecule has 0 spiro atoms. The van der Waals surface area contributed by atoms with E-state index in [0.717, 1.165) is 18.5 Å². The first kappa shape index (κ1) is 10.4. The lowest BCUT2D eigenvalue weighted by molar-refractivity contribution is -0.130. The van der Waals surface area contributed by atoms with Gasteiger partial charge in [0.1, 0.15) is 0 Å². The zero-order valence-corrected chi connectivity index (χ0v) is 9.57. The molecule has 0 bridgehead atoms. The van der Waals surface area contributed by atoms with Gasteiger partial charge in [-0.15, -0.1) is 0 Å². The van der Waals surface area contributed by atoms with Crippen LogP contribution < -0.4 is 5.73 Å². The standard InChI is InChI=1S/C13H15N3O/c14-7-13(17)16-6-5-12-10(8-16)9-3-1-2-4-11(9)15-12/h1-4,15H,5-8,14H2. The van der Waals surface area contributed by atoms with Gasteiger partial charge in [-0.1, -0.05) is 18.2 Å². The molecule has 1 amide bonds. The minimum atomic E-state index is 0.0286. The number of H-pyrrole nitrogens is 1. The molecule has 17 heavy (non-hydrogen) atoms. The lowest BCUT2D eigenvalue weighted by Gasteiger charge is -2.26. The summed E-state index contributed by atoms with van der Waals surface area (Å²) in [6, 6.07) is 8.22. The molecule has 0 unspecified atom stereocenters. The van der Waals surface area contributed by atoms with Gasteiger partial charge in [-0.05, 0) is 6.07 Å². The zero-order valence-electron chi connectivity index (χ0n) is 9.57. The highest BCUT2D eigenvalue weighted by Crippen LogP contribution is 2.27. The van der Waals surface area contributed by atoms with Crippen LogP contribution in [0.25, 0.3) is 10.9 Å². The summed E-state index contributed by atoms with van der Waals surface area (Å²) >= 11 is 0. The Morgan fingerprint density at radius 1 is 1.41 bits per heavy atom. The van der Waals surface area contributed by atoms with E-state index >= 15 is 0 Å². The summed E-state index contributed by atoms with van der Waals surface area (Å²) in [5, 5.41) is 1.22. The van der Waals surface area contributed by atoms with Gasteiger partial charge in [0.2, 0.25) is 5.91 Å². The van der Waals surface area contributed by atoms with Crippen LogP contribution in [0.5, 0.6) is 0 Å². The number of nitrogens with zero attached hydrogens (tertiary/aromatic N) is 1. The number of amides is 1. The summed E-state index contributed by atoms with van der Waals surface area (Å²) in [5.74, 6) is 0.0286. The molecule has 0 aliphatic carbocycles. The number of hydrogen-bond donors (Lipinski definition) is 2. The number of nitrogens with two attached hydrogens (primary N) is 1. The molecule has 4 nitrogen and oxygen atoms in total. The Morgan fingerprint density at radius 3 is 3.06 bits per heavy atom. The number of para-hydroxylation sites is 1. The maximum Gasteiger partial charge on any atom is 0.236 e. The van der Waals surface area contributed by atoms with Crippen LogP contribution in [0.3, 0.4) is 0 Å². The van der Waals surface area contributed by atoms with Gasteiger partial charge in [0.05, 0.1) is 6.54 Å². The Hall–Kier alpha value is -1.81. The topological polar surface area (TPSA) is 62.1 Å². The smallest absolute Gasteiger partial charge is 0.236 e. The fraction of sp³-hybridized carbons (Fsp3) is 0.308. The third-order valence-electron chi connectivity index (χ3n) is 3.41. The monoisotopic (exact) mass is 229 g/mol. The number of nitrogens with one attached hydrogen (secondary N) is 1. The Balaban J connectivity index is 2.03. The number of rotatable bonds is 1. The van der Waals surface area contributed by atoms with Gasteiger partial charge in [-0.25, -0.2) is 0 Å². The molecule has 1 aromatic carbocycles. The molecule has 2 heterocycles. The first-order valence-electron chi connectivity index (χ1n) is 5.86. The highest BCUT2D eigenvalue weighted by atomic mass is 16.2. The Kier molecular flexibility index (Phi) is 2.37. The molecular weight excluding hydrogens is 214 g/mol. The first-order chi connectivity index (χ1) is 8.29. The molecule has 0 radical (unpaired) electrons. The van der Waals surface area contributed by atoms with Crippen LogP contribution in [-0.4, -0.2) is 28.9 Å². The Bertz CT molecular complexity index is 573. The number of hydrogen-bond acceptors (Lipinski definition) is 2. The van der Waals surface area contributed by atoms with Crippen molar-refractivity contribution in [2.45, 2.75) is 13.0 Å². The average molecular weight is 229 g/mol. The Labute approximate surface area is 99.4 Å². The van der Waals surface area contributed by atoms with Gasteiger partial charge in [-0.2, -0.15) is 0 Å². The van der Waals surface area contributed by atoms with Gasteiger partial charge in [0.15, 0.2) is 0 Å². The fourth-order valence-electron chi connectivity index (χ4n) is 2.51. The zero-order chi connectivity index (χ0) is 11.8. The van der Waals surface area contributed by atoms with E-state index in [-0.39, 0.29) is 12.5 Å². The van der Waals surface area contributed by atoms with E-state index in [1.165, 1.54) is 16.6 Å². The molecule has 4 heteroatoms. The molecule has 0 atom stereocenters. The van der Waals surface area contributed by atoms with Crippen LogP contribution in [0, 0.1) is 0 Å². The van der Waals surface area contributed by atoms with Gasteiger partial charge >= 0.3 is 0 Å². The maximum atomic E-state index is 11.6. The number of aromatic nitrogens is 1. The van der Waals surface area contributed by atoms with E-state index in [0.29, 0.717) is 6.54 Å². The largest absolute Gasteiger partial charge is 0.358 e. The van der Waals surface area contributed by atoms with Crippen molar-refractivity contribution in [3.8, 4) is 0 Å². The van der Waals surface area contributed by atoms with Crippen molar-refractivity contribution in [1.82, 2.24) is 9.88 Å². The van der Waals surface area contributed by atoms with Crippen LogP contribution >= 0.6 is 0 Å². The van der Waals surface area contributed by atoms with Crippen molar-refractivity contribution in [2.24, 2.45) is 5.73 Å². The van der Waals surface area contributed by atoms with E-state index in [4.69, 9.17) is 5.73 Å². The molecule has 2 aromatic rings. The normalized spacial score (nSPS) is 15.0. The molecule has 0 fully saturated rings. The molecule has 1 aromatic heterocycles. The van der Waals surface area contributed by atoms with Crippen LogP contribution in [0.2, 0.25) is 0 Å². The predicted octanol–water partition coefficient (Wildman–Crippen LogP) is 1.01. The summed E-state index contributed by atoms with van der Waals surface area (Å²) in [6.07, 6.45) is 0.885. The van der Waals surface area contributed by atoms with Crippen LogP contribution in [-0.2, 0) is 17.8 Å². The first-order valence-corrected chi connectivity index (χ1v) is 5.86. The highest BCUT2D eigenvalue weighted by Gasteiger charge is 2.22. The lowest BCUT2D eigenvalue weighted by Crippen LogP contribution is -2.39. The number of benzene rings is 1. The van der Waals surface area contributed by atoms with E-state index in [1.54, 1.807) is 0 Å². The summed E-state index contributed by atoms with van der Waals surface area (Å²) in [6.45, 7) is 1.53. The molecule has 88 valence electrons. The molecule has 0 saturated carbocycles. The van der Waals surface area contributed by atoms with Crippen molar-refractivity contribution < 1.29 is 4.79 Å². The second kappa shape index (κ2) is 3.89. The number of aromatic amines is 1. The summed E-state index contributed by atoms with van der Waals surface area (Å²) < 4.78 is 0.